The first-order valence-corrected chi connectivity index (χ1v) is 7.38. The Morgan fingerprint density at radius 3 is 2.45 bits per heavy atom. The molecule has 1 amide bonds. The highest BCUT2D eigenvalue weighted by atomic mass is 16.3. The number of nitrogens with two attached hydrogens (primary N) is 1. The van der Waals surface area contributed by atoms with Crippen molar-refractivity contribution in [3.05, 3.63) is 29.8 Å². The second kappa shape index (κ2) is 6.75. The lowest BCUT2D eigenvalue weighted by Gasteiger charge is -2.35. The van der Waals surface area contributed by atoms with Crippen molar-refractivity contribution < 1.29 is 9.90 Å². The molecule has 0 saturated heterocycles. The van der Waals surface area contributed by atoms with Gasteiger partial charge in [-0.05, 0) is 42.5 Å². The zero-order valence-electron chi connectivity index (χ0n) is 11.9. The number of hydrogen-bond acceptors (Lipinski definition) is 3. The maximum atomic E-state index is 12.1. The highest BCUT2D eigenvalue weighted by Gasteiger charge is 2.32. The van der Waals surface area contributed by atoms with Crippen molar-refractivity contribution in [2.75, 3.05) is 6.54 Å². The fourth-order valence-corrected chi connectivity index (χ4v) is 2.97. The molecule has 2 rings (SSSR count). The Bertz CT molecular complexity index is 436. The van der Waals surface area contributed by atoms with E-state index in [-0.39, 0.29) is 17.1 Å². The normalized spacial score (nSPS) is 17.6. The summed E-state index contributed by atoms with van der Waals surface area (Å²) in [6, 6.07) is 6.89. The molecule has 1 aliphatic rings. The van der Waals surface area contributed by atoms with Crippen LogP contribution in [0.5, 0.6) is 5.75 Å². The Morgan fingerprint density at radius 2 is 1.85 bits per heavy atom. The number of phenols is 1. The molecule has 1 aromatic rings. The third-order valence-corrected chi connectivity index (χ3v) is 4.31. The number of hydrogen-bond donors (Lipinski definition) is 3. The monoisotopic (exact) mass is 276 g/mol. The largest absolute Gasteiger partial charge is 0.508 e. The smallest absolute Gasteiger partial charge is 0.220 e. The average Bonchev–Trinajstić information content (AvgIpc) is 2.47. The van der Waals surface area contributed by atoms with E-state index in [0.29, 0.717) is 19.5 Å². The van der Waals surface area contributed by atoms with E-state index in [1.165, 1.54) is 19.3 Å². The van der Waals surface area contributed by atoms with Crippen LogP contribution in [0.2, 0.25) is 0 Å². The van der Waals surface area contributed by atoms with E-state index in [1.807, 2.05) is 12.1 Å². The van der Waals surface area contributed by atoms with Gasteiger partial charge in [0.1, 0.15) is 5.75 Å². The lowest BCUT2D eigenvalue weighted by Crippen LogP contribution is -2.38. The fraction of sp³-hybridized carbons (Fsp3) is 0.562. The van der Waals surface area contributed by atoms with Crippen LogP contribution in [-0.2, 0) is 11.3 Å². The molecule has 20 heavy (non-hydrogen) atoms. The molecular formula is C16H24N2O2. The standard InChI is InChI=1S/C16H24N2O2/c17-12-16(8-2-1-3-9-16)10-15(20)18-11-13-4-6-14(19)7-5-13/h4-7,19H,1-3,8-12,17H2,(H,18,20). The van der Waals surface area contributed by atoms with Gasteiger partial charge < -0.3 is 16.2 Å². The molecule has 0 radical (unpaired) electrons. The van der Waals surface area contributed by atoms with Crippen LogP contribution in [0.3, 0.4) is 0 Å². The molecule has 1 saturated carbocycles. The van der Waals surface area contributed by atoms with Crippen LogP contribution in [0, 0.1) is 5.41 Å². The van der Waals surface area contributed by atoms with E-state index in [9.17, 15) is 9.90 Å². The molecule has 4 nitrogen and oxygen atoms in total. The third kappa shape index (κ3) is 3.97. The molecule has 1 aliphatic carbocycles. The minimum absolute atomic E-state index is 0.0112. The number of nitrogens with one attached hydrogen (secondary N) is 1. The van der Waals surface area contributed by atoms with Crippen molar-refractivity contribution in [2.45, 2.75) is 45.1 Å². The van der Waals surface area contributed by atoms with Gasteiger partial charge in [-0.25, -0.2) is 0 Å². The molecule has 0 aromatic heterocycles. The summed E-state index contributed by atoms with van der Waals surface area (Å²) in [5.74, 6) is 0.315. The Hall–Kier alpha value is -1.55. The second-order valence-electron chi connectivity index (χ2n) is 5.88. The third-order valence-electron chi connectivity index (χ3n) is 4.31. The number of aromatic hydroxyl groups is 1. The van der Waals surface area contributed by atoms with Crippen LogP contribution in [0.15, 0.2) is 24.3 Å². The van der Waals surface area contributed by atoms with Gasteiger partial charge >= 0.3 is 0 Å². The number of rotatable bonds is 5. The van der Waals surface area contributed by atoms with Gasteiger partial charge in [0.2, 0.25) is 5.91 Å². The maximum Gasteiger partial charge on any atom is 0.220 e. The maximum absolute atomic E-state index is 12.1. The summed E-state index contributed by atoms with van der Waals surface area (Å²) in [6.07, 6.45) is 6.29. The summed E-state index contributed by atoms with van der Waals surface area (Å²) in [7, 11) is 0. The molecule has 0 aliphatic heterocycles. The van der Waals surface area contributed by atoms with Gasteiger partial charge in [0, 0.05) is 13.0 Å². The number of benzene rings is 1. The van der Waals surface area contributed by atoms with Crippen molar-refractivity contribution in [1.29, 1.82) is 0 Å². The Kier molecular flexibility index (Phi) is 5.01. The molecule has 4 heteroatoms. The van der Waals surface area contributed by atoms with Crippen LogP contribution < -0.4 is 11.1 Å². The number of carbonyl (C=O) groups excluding carboxylic acids is 1. The Morgan fingerprint density at radius 1 is 1.20 bits per heavy atom. The van der Waals surface area contributed by atoms with Gasteiger partial charge in [-0.3, -0.25) is 4.79 Å². The molecule has 1 aromatic carbocycles. The first-order valence-electron chi connectivity index (χ1n) is 7.38. The average molecular weight is 276 g/mol. The highest BCUT2D eigenvalue weighted by molar-refractivity contribution is 5.76. The van der Waals surface area contributed by atoms with Gasteiger partial charge in [0.25, 0.3) is 0 Å². The first kappa shape index (κ1) is 14.9. The zero-order chi connectivity index (χ0) is 14.4. The fourth-order valence-electron chi connectivity index (χ4n) is 2.97. The quantitative estimate of drug-likeness (QED) is 0.772. The van der Waals surface area contributed by atoms with Crippen molar-refractivity contribution in [1.82, 2.24) is 5.32 Å². The number of phenolic OH excluding ortho intramolecular Hbond substituents is 1. The molecule has 110 valence electrons. The molecule has 1 fully saturated rings. The topological polar surface area (TPSA) is 75.4 Å². The molecule has 0 unspecified atom stereocenters. The number of carbonyl (C=O) groups is 1. The van der Waals surface area contributed by atoms with Crippen LogP contribution in [0.4, 0.5) is 0 Å². The minimum atomic E-state index is 0.0112. The van der Waals surface area contributed by atoms with Gasteiger partial charge in [-0.15, -0.1) is 0 Å². The summed E-state index contributed by atoms with van der Waals surface area (Å²) >= 11 is 0. The summed E-state index contributed by atoms with van der Waals surface area (Å²) in [6.45, 7) is 1.10. The number of amides is 1. The van der Waals surface area contributed by atoms with E-state index in [4.69, 9.17) is 5.73 Å². The minimum Gasteiger partial charge on any atom is -0.508 e. The molecule has 0 heterocycles. The van der Waals surface area contributed by atoms with E-state index < -0.39 is 0 Å². The summed E-state index contributed by atoms with van der Waals surface area (Å²) in [5, 5.41) is 12.2. The van der Waals surface area contributed by atoms with Crippen molar-refractivity contribution in [2.24, 2.45) is 11.1 Å². The van der Waals surface area contributed by atoms with Crippen LogP contribution in [-0.4, -0.2) is 17.6 Å². The SMILES string of the molecule is NCC1(CC(=O)NCc2ccc(O)cc2)CCCCC1. The summed E-state index contributed by atoms with van der Waals surface area (Å²) in [4.78, 5) is 12.1. The predicted molar refractivity (Wildman–Crippen MR) is 79.1 cm³/mol. The van der Waals surface area contributed by atoms with E-state index >= 15 is 0 Å². The van der Waals surface area contributed by atoms with Gasteiger partial charge in [-0.1, -0.05) is 31.4 Å². The van der Waals surface area contributed by atoms with Crippen molar-refractivity contribution in [3.8, 4) is 5.75 Å². The molecule has 4 N–H and O–H groups in total. The van der Waals surface area contributed by atoms with E-state index in [2.05, 4.69) is 5.32 Å². The molecule has 0 atom stereocenters. The van der Waals surface area contributed by atoms with Crippen LogP contribution in [0.25, 0.3) is 0 Å². The predicted octanol–water partition coefficient (Wildman–Crippen LogP) is 2.31. The van der Waals surface area contributed by atoms with Crippen LogP contribution in [0.1, 0.15) is 44.1 Å². The Labute approximate surface area is 120 Å². The van der Waals surface area contributed by atoms with Gasteiger partial charge in [0.05, 0.1) is 0 Å². The van der Waals surface area contributed by atoms with Crippen molar-refractivity contribution >= 4 is 5.91 Å². The molecule has 0 bridgehead atoms. The van der Waals surface area contributed by atoms with Gasteiger partial charge in [-0.2, -0.15) is 0 Å². The first-order chi connectivity index (χ1) is 9.63. The molecule has 0 spiro atoms. The van der Waals surface area contributed by atoms with Gasteiger partial charge in [0.15, 0.2) is 0 Å². The zero-order valence-corrected chi connectivity index (χ0v) is 11.9. The van der Waals surface area contributed by atoms with E-state index in [1.54, 1.807) is 12.1 Å². The summed E-state index contributed by atoms with van der Waals surface area (Å²) < 4.78 is 0. The highest BCUT2D eigenvalue weighted by Crippen LogP contribution is 2.38. The van der Waals surface area contributed by atoms with E-state index in [0.717, 1.165) is 18.4 Å². The lowest BCUT2D eigenvalue weighted by molar-refractivity contribution is -0.124. The second-order valence-corrected chi connectivity index (χ2v) is 5.88. The lowest BCUT2D eigenvalue weighted by atomic mass is 9.71. The Balaban J connectivity index is 1.83. The summed E-state index contributed by atoms with van der Waals surface area (Å²) in [5.41, 5.74) is 6.90. The van der Waals surface area contributed by atoms with Crippen molar-refractivity contribution in [3.63, 3.8) is 0 Å². The molecular weight excluding hydrogens is 252 g/mol. The van der Waals surface area contributed by atoms with Crippen LogP contribution >= 0.6 is 0 Å².